The average molecular weight is 263 g/mol. The smallest absolute Gasteiger partial charge is 0.0106 e. The van der Waals surface area contributed by atoms with Crippen molar-refractivity contribution in [2.75, 3.05) is 12.3 Å². The van der Waals surface area contributed by atoms with Crippen molar-refractivity contribution in [1.82, 2.24) is 5.32 Å². The van der Waals surface area contributed by atoms with Gasteiger partial charge in [-0.2, -0.15) is 0 Å². The highest BCUT2D eigenvalue weighted by atomic mass is 32.2. The molecule has 1 aromatic carbocycles. The normalized spacial score (nSPS) is 18.7. The van der Waals surface area contributed by atoms with Gasteiger partial charge in [0.05, 0.1) is 0 Å². The zero-order valence-electron chi connectivity index (χ0n) is 11.4. The Hall–Kier alpha value is -0.470. The molecular weight excluding hydrogens is 238 g/mol. The predicted octanol–water partition coefficient (Wildman–Crippen LogP) is 4.34. The van der Waals surface area contributed by atoms with Crippen LogP contribution in [0, 0.1) is 5.92 Å². The third-order valence-corrected chi connectivity index (χ3v) is 4.95. The summed E-state index contributed by atoms with van der Waals surface area (Å²) >= 11 is 1.95. The molecule has 0 unspecified atom stereocenters. The maximum absolute atomic E-state index is 3.70. The number of hydrogen-bond acceptors (Lipinski definition) is 2. The lowest BCUT2D eigenvalue weighted by Crippen LogP contribution is -2.35. The lowest BCUT2D eigenvalue weighted by atomic mass is 9.84. The van der Waals surface area contributed by atoms with Gasteiger partial charge in [-0.25, -0.2) is 0 Å². The second-order valence-corrected chi connectivity index (χ2v) is 6.47. The topological polar surface area (TPSA) is 12.0 Å². The summed E-state index contributed by atoms with van der Waals surface area (Å²) in [5.41, 5.74) is 0. The van der Waals surface area contributed by atoms with Crippen molar-refractivity contribution in [2.45, 2.75) is 50.0 Å². The van der Waals surface area contributed by atoms with Gasteiger partial charge in [-0.3, -0.25) is 0 Å². The second-order valence-electron chi connectivity index (χ2n) is 5.30. The van der Waals surface area contributed by atoms with E-state index in [-0.39, 0.29) is 0 Å². The quantitative estimate of drug-likeness (QED) is 0.605. The Bertz CT molecular complexity index is 319. The maximum atomic E-state index is 3.70. The largest absolute Gasteiger partial charge is 0.313 e. The summed E-state index contributed by atoms with van der Waals surface area (Å²) in [7, 11) is 0. The van der Waals surface area contributed by atoms with Crippen LogP contribution >= 0.6 is 11.8 Å². The van der Waals surface area contributed by atoms with E-state index in [4.69, 9.17) is 0 Å². The van der Waals surface area contributed by atoms with Gasteiger partial charge in [0.2, 0.25) is 0 Å². The van der Waals surface area contributed by atoms with Gasteiger partial charge in [0.1, 0.15) is 0 Å². The van der Waals surface area contributed by atoms with Crippen molar-refractivity contribution >= 4 is 11.8 Å². The van der Waals surface area contributed by atoms with E-state index in [0.717, 1.165) is 12.5 Å². The summed E-state index contributed by atoms with van der Waals surface area (Å²) in [4.78, 5) is 1.38. The molecule has 18 heavy (non-hydrogen) atoms. The number of benzene rings is 1. The summed E-state index contributed by atoms with van der Waals surface area (Å²) in [5, 5.41) is 3.70. The molecule has 1 N–H and O–H groups in total. The Kier molecular flexibility index (Phi) is 6.09. The standard InChI is InChI=1S/C16H25NS/c1-14(15-8-4-2-5-9-15)17-12-13-18-16-10-6-3-7-11-16/h3,6-7,10-11,14-15,17H,2,4-5,8-9,12-13H2,1H3/t14-/m0/s1. The minimum atomic E-state index is 0.696. The predicted molar refractivity (Wildman–Crippen MR) is 81.2 cm³/mol. The zero-order valence-corrected chi connectivity index (χ0v) is 12.2. The molecule has 0 amide bonds. The summed E-state index contributed by atoms with van der Waals surface area (Å²) in [5.74, 6) is 2.08. The zero-order chi connectivity index (χ0) is 12.6. The summed E-state index contributed by atoms with van der Waals surface area (Å²) in [6, 6.07) is 11.4. The van der Waals surface area contributed by atoms with Gasteiger partial charge in [0, 0.05) is 23.2 Å². The minimum absolute atomic E-state index is 0.696. The molecule has 0 radical (unpaired) electrons. The van der Waals surface area contributed by atoms with Crippen LogP contribution in [-0.2, 0) is 0 Å². The van der Waals surface area contributed by atoms with Gasteiger partial charge in [-0.1, -0.05) is 37.5 Å². The summed E-state index contributed by atoms with van der Waals surface area (Å²) in [6.45, 7) is 3.49. The van der Waals surface area contributed by atoms with E-state index in [1.165, 1.54) is 42.8 Å². The van der Waals surface area contributed by atoms with Crippen molar-refractivity contribution in [3.05, 3.63) is 30.3 Å². The fourth-order valence-electron chi connectivity index (χ4n) is 2.77. The summed E-state index contributed by atoms with van der Waals surface area (Å²) in [6.07, 6.45) is 7.19. The Balaban J connectivity index is 1.60. The fraction of sp³-hybridized carbons (Fsp3) is 0.625. The van der Waals surface area contributed by atoms with Gasteiger partial charge in [-0.15, -0.1) is 11.8 Å². The molecule has 100 valence electrons. The monoisotopic (exact) mass is 263 g/mol. The molecular formula is C16H25NS. The Morgan fingerprint density at radius 3 is 2.61 bits per heavy atom. The highest BCUT2D eigenvalue weighted by molar-refractivity contribution is 7.99. The molecule has 0 bridgehead atoms. The molecule has 0 spiro atoms. The molecule has 1 aromatic rings. The highest BCUT2D eigenvalue weighted by Crippen LogP contribution is 2.26. The van der Waals surface area contributed by atoms with E-state index < -0.39 is 0 Å². The molecule has 0 aliphatic heterocycles. The summed E-state index contributed by atoms with van der Waals surface area (Å²) < 4.78 is 0. The van der Waals surface area contributed by atoms with Crippen LogP contribution in [0.1, 0.15) is 39.0 Å². The Labute approximate surface area is 116 Å². The molecule has 1 saturated carbocycles. The molecule has 2 rings (SSSR count). The van der Waals surface area contributed by atoms with E-state index in [0.29, 0.717) is 6.04 Å². The molecule has 0 aromatic heterocycles. The van der Waals surface area contributed by atoms with Crippen molar-refractivity contribution in [3.8, 4) is 0 Å². The van der Waals surface area contributed by atoms with Crippen LogP contribution in [0.2, 0.25) is 0 Å². The van der Waals surface area contributed by atoms with Gasteiger partial charge in [-0.05, 0) is 37.8 Å². The molecule has 0 heterocycles. The van der Waals surface area contributed by atoms with Crippen LogP contribution < -0.4 is 5.32 Å². The molecule has 2 heteroatoms. The first kappa shape index (κ1) is 14.0. The number of nitrogens with one attached hydrogen (secondary N) is 1. The first-order chi connectivity index (χ1) is 8.86. The number of rotatable bonds is 6. The molecule has 1 fully saturated rings. The Morgan fingerprint density at radius 2 is 1.89 bits per heavy atom. The fourth-order valence-corrected chi connectivity index (χ4v) is 3.58. The SMILES string of the molecule is C[C@H](NCCSc1ccccc1)C1CCCCC1. The molecule has 1 atom stereocenters. The van der Waals surface area contributed by atoms with Crippen LogP contribution in [0.3, 0.4) is 0 Å². The van der Waals surface area contributed by atoms with E-state index in [1.54, 1.807) is 0 Å². The van der Waals surface area contributed by atoms with Crippen molar-refractivity contribution in [1.29, 1.82) is 0 Å². The lowest BCUT2D eigenvalue weighted by Gasteiger charge is -2.28. The van der Waals surface area contributed by atoms with E-state index in [2.05, 4.69) is 42.6 Å². The molecule has 1 nitrogen and oxygen atoms in total. The lowest BCUT2D eigenvalue weighted by molar-refractivity contribution is 0.285. The van der Waals surface area contributed by atoms with E-state index >= 15 is 0 Å². The number of thioether (sulfide) groups is 1. The molecule has 1 aliphatic carbocycles. The highest BCUT2D eigenvalue weighted by Gasteiger charge is 2.18. The average Bonchev–Trinajstić information content (AvgIpc) is 2.45. The van der Waals surface area contributed by atoms with Crippen LogP contribution in [0.4, 0.5) is 0 Å². The maximum Gasteiger partial charge on any atom is 0.0106 e. The van der Waals surface area contributed by atoms with Crippen LogP contribution in [0.5, 0.6) is 0 Å². The van der Waals surface area contributed by atoms with Gasteiger partial charge in [0.25, 0.3) is 0 Å². The van der Waals surface area contributed by atoms with Crippen LogP contribution in [0.15, 0.2) is 35.2 Å². The van der Waals surface area contributed by atoms with Crippen LogP contribution in [-0.4, -0.2) is 18.3 Å². The Morgan fingerprint density at radius 1 is 1.17 bits per heavy atom. The van der Waals surface area contributed by atoms with Crippen molar-refractivity contribution in [3.63, 3.8) is 0 Å². The van der Waals surface area contributed by atoms with Gasteiger partial charge >= 0.3 is 0 Å². The van der Waals surface area contributed by atoms with Gasteiger partial charge < -0.3 is 5.32 Å². The van der Waals surface area contributed by atoms with E-state index in [1.807, 2.05) is 11.8 Å². The van der Waals surface area contributed by atoms with Crippen molar-refractivity contribution in [2.24, 2.45) is 5.92 Å². The first-order valence-corrected chi connectivity index (χ1v) is 8.26. The van der Waals surface area contributed by atoms with E-state index in [9.17, 15) is 0 Å². The number of hydrogen-bond donors (Lipinski definition) is 1. The van der Waals surface area contributed by atoms with Gasteiger partial charge in [0.15, 0.2) is 0 Å². The van der Waals surface area contributed by atoms with Crippen LogP contribution in [0.25, 0.3) is 0 Å². The second kappa shape index (κ2) is 7.85. The first-order valence-electron chi connectivity index (χ1n) is 7.27. The third-order valence-electron chi connectivity index (χ3n) is 3.94. The molecule has 1 aliphatic rings. The molecule has 0 saturated heterocycles. The third kappa shape index (κ3) is 4.66. The minimum Gasteiger partial charge on any atom is -0.313 e. The van der Waals surface area contributed by atoms with Crippen molar-refractivity contribution < 1.29 is 0 Å².